The maximum atomic E-state index is 12.3. The number of nitrogens with one attached hydrogen (secondary N) is 1. The summed E-state index contributed by atoms with van der Waals surface area (Å²) in [4.78, 5) is 12.3. The van der Waals surface area contributed by atoms with E-state index in [0.29, 0.717) is 21.7 Å². The van der Waals surface area contributed by atoms with Crippen LogP contribution in [0, 0.1) is 6.92 Å². The van der Waals surface area contributed by atoms with Crippen LogP contribution in [0.4, 0.5) is 5.69 Å². The molecule has 7 nitrogen and oxygen atoms in total. The molecule has 0 fully saturated rings. The summed E-state index contributed by atoms with van der Waals surface area (Å²) in [6.45, 7) is 5.77. The Hall–Kier alpha value is -2.71. The molecule has 29 heavy (non-hydrogen) atoms. The number of hydrogen-bond donors (Lipinski definition) is 2. The number of anilines is 1. The van der Waals surface area contributed by atoms with Crippen molar-refractivity contribution in [2.45, 2.75) is 32.0 Å². The van der Waals surface area contributed by atoms with Crippen LogP contribution in [0.15, 0.2) is 47.6 Å². The molecule has 2 aromatic carbocycles. The van der Waals surface area contributed by atoms with Crippen molar-refractivity contribution in [2.24, 2.45) is 0 Å². The highest BCUT2D eigenvalue weighted by Gasteiger charge is 2.15. The van der Waals surface area contributed by atoms with Gasteiger partial charge in [0.15, 0.2) is 5.82 Å². The van der Waals surface area contributed by atoms with E-state index in [1.165, 1.54) is 16.4 Å². The number of rotatable bonds is 7. The van der Waals surface area contributed by atoms with Crippen LogP contribution < -0.4 is 15.9 Å². The number of thioether (sulfide) groups is 1. The minimum Gasteiger partial charge on any atom is -0.491 e. The van der Waals surface area contributed by atoms with Gasteiger partial charge in [-0.05, 0) is 50.6 Å². The molecule has 0 aliphatic rings. The van der Waals surface area contributed by atoms with E-state index in [2.05, 4.69) is 15.5 Å². The van der Waals surface area contributed by atoms with Crippen molar-refractivity contribution in [1.82, 2.24) is 14.9 Å². The first-order chi connectivity index (χ1) is 13.8. The normalized spacial score (nSPS) is 10.9. The SMILES string of the molecule is Cc1c(Cl)cccc1NC(=O)CSc1nnc(-c2cccc(OC(C)C)c2)n1N. The summed E-state index contributed by atoms with van der Waals surface area (Å²) >= 11 is 7.29. The van der Waals surface area contributed by atoms with Crippen molar-refractivity contribution < 1.29 is 9.53 Å². The molecule has 152 valence electrons. The summed E-state index contributed by atoms with van der Waals surface area (Å²) in [7, 11) is 0. The molecular weight excluding hydrogens is 410 g/mol. The van der Waals surface area contributed by atoms with Gasteiger partial charge in [0.25, 0.3) is 0 Å². The number of ether oxygens (including phenoxy) is 1. The van der Waals surface area contributed by atoms with E-state index in [1.54, 1.807) is 18.2 Å². The molecule has 9 heteroatoms. The molecule has 3 aromatic rings. The summed E-state index contributed by atoms with van der Waals surface area (Å²) in [6.07, 6.45) is 0.0637. The summed E-state index contributed by atoms with van der Waals surface area (Å²) in [5.74, 6) is 7.32. The molecule has 3 rings (SSSR count). The molecule has 0 atom stereocenters. The van der Waals surface area contributed by atoms with Gasteiger partial charge in [-0.15, -0.1) is 10.2 Å². The third-order valence-electron chi connectivity index (χ3n) is 4.00. The summed E-state index contributed by atoms with van der Waals surface area (Å²) in [6, 6.07) is 12.9. The summed E-state index contributed by atoms with van der Waals surface area (Å²) in [5, 5.41) is 12.1. The molecule has 0 aliphatic carbocycles. The first-order valence-corrected chi connectivity index (χ1v) is 10.4. The molecule has 1 amide bonds. The maximum Gasteiger partial charge on any atom is 0.234 e. The quantitative estimate of drug-likeness (QED) is 0.431. The molecule has 3 N–H and O–H groups in total. The van der Waals surface area contributed by atoms with E-state index in [-0.39, 0.29) is 17.8 Å². The Bertz CT molecular complexity index is 1020. The van der Waals surface area contributed by atoms with Crippen molar-refractivity contribution in [2.75, 3.05) is 16.9 Å². The number of carbonyl (C=O) groups is 1. The maximum absolute atomic E-state index is 12.3. The monoisotopic (exact) mass is 431 g/mol. The molecule has 0 saturated carbocycles. The fourth-order valence-electron chi connectivity index (χ4n) is 2.61. The number of halogens is 1. The van der Waals surface area contributed by atoms with E-state index in [4.69, 9.17) is 22.2 Å². The van der Waals surface area contributed by atoms with Gasteiger partial charge in [0.2, 0.25) is 11.1 Å². The number of nitrogens with two attached hydrogens (primary N) is 1. The molecule has 1 heterocycles. The highest BCUT2D eigenvalue weighted by atomic mass is 35.5. The Kier molecular flexibility index (Phi) is 6.66. The van der Waals surface area contributed by atoms with Gasteiger partial charge in [-0.1, -0.05) is 41.6 Å². The number of aromatic nitrogens is 3. The van der Waals surface area contributed by atoms with Crippen molar-refractivity contribution >= 4 is 35.0 Å². The zero-order valence-corrected chi connectivity index (χ0v) is 17.9. The van der Waals surface area contributed by atoms with Gasteiger partial charge in [-0.25, -0.2) is 4.68 Å². The van der Waals surface area contributed by atoms with Gasteiger partial charge >= 0.3 is 0 Å². The lowest BCUT2D eigenvalue weighted by molar-refractivity contribution is -0.113. The first-order valence-electron chi connectivity index (χ1n) is 9.00. The van der Waals surface area contributed by atoms with Crippen LogP contribution in [0.1, 0.15) is 19.4 Å². The zero-order valence-electron chi connectivity index (χ0n) is 16.3. The third-order valence-corrected chi connectivity index (χ3v) is 5.36. The van der Waals surface area contributed by atoms with Crippen molar-refractivity contribution in [3.8, 4) is 17.1 Å². The van der Waals surface area contributed by atoms with Crippen LogP contribution in [-0.2, 0) is 4.79 Å². The number of benzene rings is 2. The molecule has 0 unspecified atom stereocenters. The molecule has 0 spiro atoms. The minimum absolute atomic E-state index is 0.0637. The first kappa shape index (κ1) is 21.0. The highest BCUT2D eigenvalue weighted by Crippen LogP contribution is 2.26. The predicted molar refractivity (Wildman–Crippen MR) is 117 cm³/mol. The molecule has 1 aromatic heterocycles. The molecule has 0 saturated heterocycles. The lowest BCUT2D eigenvalue weighted by Crippen LogP contribution is -2.17. The Labute approximate surface area is 178 Å². The van der Waals surface area contributed by atoms with Crippen molar-refractivity contribution in [3.05, 3.63) is 53.1 Å². The van der Waals surface area contributed by atoms with Crippen LogP contribution in [0.2, 0.25) is 5.02 Å². The zero-order chi connectivity index (χ0) is 21.0. The van der Waals surface area contributed by atoms with E-state index in [0.717, 1.165) is 16.9 Å². The van der Waals surface area contributed by atoms with Crippen LogP contribution in [0.5, 0.6) is 5.75 Å². The topological polar surface area (TPSA) is 95.1 Å². The highest BCUT2D eigenvalue weighted by molar-refractivity contribution is 7.99. The number of hydrogen-bond acceptors (Lipinski definition) is 6. The van der Waals surface area contributed by atoms with Crippen LogP contribution in [-0.4, -0.2) is 32.6 Å². The smallest absolute Gasteiger partial charge is 0.234 e. The molecule has 0 bridgehead atoms. The predicted octanol–water partition coefficient (Wildman–Crippen LogP) is 4.14. The second-order valence-corrected chi connectivity index (χ2v) is 7.97. The summed E-state index contributed by atoms with van der Waals surface area (Å²) < 4.78 is 7.08. The second-order valence-electron chi connectivity index (χ2n) is 6.62. The fourth-order valence-corrected chi connectivity index (χ4v) is 3.44. The molecular formula is C20H22ClN5O2S. The van der Waals surface area contributed by atoms with Gasteiger partial charge in [0.05, 0.1) is 11.9 Å². The standard InChI is InChI=1S/C20H22ClN5O2S/c1-12(2)28-15-7-4-6-14(10-15)19-24-25-20(26(19)22)29-11-18(27)23-17-9-5-8-16(21)13(17)3/h4-10,12H,11,22H2,1-3H3,(H,23,27). The van der Waals surface area contributed by atoms with Crippen molar-refractivity contribution in [3.63, 3.8) is 0 Å². The van der Waals surface area contributed by atoms with Gasteiger partial charge in [-0.3, -0.25) is 4.79 Å². The van der Waals surface area contributed by atoms with Crippen molar-refractivity contribution in [1.29, 1.82) is 0 Å². The van der Waals surface area contributed by atoms with Crippen LogP contribution >= 0.6 is 23.4 Å². The third kappa shape index (κ3) is 5.21. The summed E-state index contributed by atoms with van der Waals surface area (Å²) in [5.41, 5.74) is 2.28. The van der Waals surface area contributed by atoms with E-state index in [9.17, 15) is 4.79 Å². The Morgan fingerprint density at radius 2 is 2.03 bits per heavy atom. The van der Waals surface area contributed by atoms with Gasteiger partial charge in [-0.2, -0.15) is 0 Å². The van der Waals surface area contributed by atoms with Gasteiger partial charge in [0.1, 0.15) is 5.75 Å². The molecule has 0 aliphatic heterocycles. The van der Waals surface area contributed by atoms with Gasteiger partial charge in [0, 0.05) is 16.3 Å². The number of amides is 1. The average molecular weight is 432 g/mol. The average Bonchev–Trinajstić information content (AvgIpc) is 3.04. The van der Waals surface area contributed by atoms with E-state index in [1.807, 2.05) is 45.0 Å². The minimum atomic E-state index is -0.183. The largest absolute Gasteiger partial charge is 0.491 e. The fraction of sp³-hybridized carbons (Fsp3) is 0.250. The molecule has 0 radical (unpaired) electrons. The number of carbonyl (C=O) groups excluding carboxylic acids is 1. The Balaban J connectivity index is 1.67. The Morgan fingerprint density at radius 3 is 2.79 bits per heavy atom. The van der Waals surface area contributed by atoms with E-state index >= 15 is 0 Å². The lowest BCUT2D eigenvalue weighted by atomic mass is 10.2. The van der Waals surface area contributed by atoms with Crippen LogP contribution in [0.25, 0.3) is 11.4 Å². The lowest BCUT2D eigenvalue weighted by Gasteiger charge is -2.11. The Morgan fingerprint density at radius 1 is 1.28 bits per heavy atom. The van der Waals surface area contributed by atoms with E-state index < -0.39 is 0 Å². The second kappa shape index (κ2) is 9.19. The number of nitrogens with zero attached hydrogens (tertiary/aromatic N) is 3. The van der Waals surface area contributed by atoms with Gasteiger partial charge < -0.3 is 15.9 Å². The van der Waals surface area contributed by atoms with Crippen LogP contribution in [0.3, 0.4) is 0 Å². The number of nitrogen functional groups attached to an aromatic ring is 1.